The molecule has 2 bridgehead atoms. The minimum atomic E-state index is -3.46. The van der Waals surface area contributed by atoms with E-state index in [2.05, 4.69) is 10.3 Å². The van der Waals surface area contributed by atoms with Crippen LogP contribution in [0.5, 0.6) is 0 Å². The Morgan fingerprint density at radius 2 is 2.00 bits per heavy atom. The zero-order valence-electron chi connectivity index (χ0n) is 11.7. The first-order valence-corrected chi connectivity index (χ1v) is 8.18. The van der Waals surface area contributed by atoms with Crippen molar-refractivity contribution in [2.24, 2.45) is 7.05 Å². The minimum Gasteiger partial charge on any atom is -0.337 e. The van der Waals surface area contributed by atoms with Gasteiger partial charge in [-0.1, -0.05) is 0 Å². The molecular formula is C12H21ClN4O2S. The lowest BCUT2D eigenvalue weighted by Crippen LogP contribution is -2.42. The van der Waals surface area contributed by atoms with Gasteiger partial charge in [0.05, 0.1) is 0 Å². The number of rotatable bonds is 2. The monoisotopic (exact) mass is 320 g/mol. The van der Waals surface area contributed by atoms with Gasteiger partial charge in [0.25, 0.3) is 10.0 Å². The van der Waals surface area contributed by atoms with Crippen molar-refractivity contribution in [3.05, 3.63) is 12.0 Å². The Hall–Kier alpha value is -0.630. The number of fused-ring (bicyclic) bond motifs is 2. The molecule has 1 aromatic rings. The summed E-state index contributed by atoms with van der Waals surface area (Å²) in [6.07, 6.45) is 4.42. The van der Waals surface area contributed by atoms with E-state index in [1.807, 2.05) is 14.0 Å². The molecule has 0 saturated carbocycles. The third-order valence-corrected chi connectivity index (χ3v) is 6.09. The van der Waals surface area contributed by atoms with Gasteiger partial charge in [0, 0.05) is 31.9 Å². The zero-order chi connectivity index (χ0) is 13.6. The molecule has 0 radical (unpaired) electrons. The summed E-state index contributed by atoms with van der Waals surface area (Å²) in [5.41, 5.74) is 0. The summed E-state index contributed by atoms with van der Waals surface area (Å²) < 4.78 is 29.0. The topological polar surface area (TPSA) is 67.2 Å². The van der Waals surface area contributed by atoms with Gasteiger partial charge in [0.15, 0.2) is 5.03 Å². The highest BCUT2D eigenvalue weighted by Gasteiger charge is 2.43. The molecule has 2 aliphatic heterocycles. The van der Waals surface area contributed by atoms with Gasteiger partial charge >= 0.3 is 0 Å². The van der Waals surface area contributed by atoms with Crippen molar-refractivity contribution >= 4 is 22.4 Å². The third-order valence-electron chi connectivity index (χ3n) is 4.22. The van der Waals surface area contributed by atoms with E-state index in [1.54, 1.807) is 15.1 Å². The number of aromatic nitrogens is 2. The molecule has 0 aromatic carbocycles. The smallest absolute Gasteiger partial charge is 0.262 e. The maximum atomic E-state index is 12.8. The maximum absolute atomic E-state index is 12.8. The first kappa shape index (κ1) is 15.8. The summed E-state index contributed by atoms with van der Waals surface area (Å²) in [4.78, 5) is 4.20. The average Bonchev–Trinajstić information content (AvgIpc) is 2.80. The lowest BCUT2D eigenvalue weighted by atomic mass is 10.1. The fourth-order valence-electron chi connectivity index (χ4n) is 3.09. The van der Waals surface area contributed by atoms with Crippen LogP contribution in [0.4, 0.5) is 0 Å². The standard InChI is InChI=1S/C12H20N4O2S.ClH/c1-9-14-12(8-15(9)2)19(17,18)16-10-3-4-11(16)7-13-6-5-10;/h8,10-11,13H,3-7H2,1-2H3;1H. The molecule has 1 N–H and O–H groups in total. The second-order valence-electron chi connectivity index (χ2n) is 5.45. The molecule has 3 heterocycles. The molecule has 0 spiro atoms. The van der Waals surface area contributed by atoms with E-state index in [1.165, 1.54) is 0 Å². The van der Waals surface area contributed by atoms with Gasteiger partial charge in [-0.15, -0.1) is 12.4 Å². The molecule has 114 valence electrons. The number of nitrogens with one attached hydrogen (secondary N) is 1. The van der Waals surface area contributed by atoms with Crippen LogP contribution in [0.2, 0.25) is 0 Å². The molecule has 2 unspecified atom stereocenters. The maximum Gasteiger partial charge on any atom is 0.262 e. The lowest BCUT2D eigenvalue weighted by Gasteiger charge is -2.25. The number of nitrogens with zero attached hydrogens (tertiary/aromatic N) is 3. The van der Waals surface area contributed by atoms with Crippen molar-refractivity contribution < 1.29 is 8.42 Å². The predicted molar refractivity (Wildman–Crippen MR) is 78.5 cm³/mol. The second-order valence-corrected chi connectivity index (χ2v) is 7.24. The van der Waals surface area contributed by atoms with E-state index >= 15 is 0 Å². The van der Waals surface area contributed by atoms with Crippen LogP contribution in [0.1, 0.15) is 25.1 Å². The summed E-state index contributed by atoms with van der Waals surface area (Å²) >= 11 is 0. The number of aryl methyl sites for hydroxylation is 2. The highest BCUT2D eigenvalue weighted by atomic mass is 35.5. The van der Waals surface area contributed by atoms with E-state index in [9.17, 15) is 8.42 Å². The van der Waals surface area contributed by atoms with Crippen LogP contribution < -0.4 is 5.32 Å². The summed E-state index contributed by atoms with van der Waals surface area (Å²) in [5, 5.41) is 3.50. The fraction of sp³-hybridized carbons (Fsp3) is 0.750. The van der Waals surface area contributed by atoms with Crippen LogP contribution in [0.3, 0.4) is 0 Å². The van der Waals surface area contributed by atoms with Gasteiger partial charge in [0.1, 0.15) is 5.82 Å². The average molecular weight is 321 g/mol. The Kier molecular flexibility index (Phi) is 4.44. The quantitative estimate of drug-likeness (QED) is 0.869. The minimum absolute atomic E-state index is 0. The van der Waals surface area contributed by atoms with Gasteiger partial charge in [-0.2, -0.15) is 4.31 Å². The summed E-state index contributed by atoms with van der Waals surface area (Å²) in [7, 11) is -1.64. The molecular weight excluding hydrogens is 300 g/mol. The summed E-state index contributed by atoms with van der Waals surface area (Å²) in [6.45, 7) is 3.47. The van der Waals surface area contributed by atoms with Gasteiger partial charge < -0.3 is 9.88 Å². The molecule has 1 aromatic heterocycles. The largest absolute Gasteiger partial charge is 0.337 e. The Morgan fingerprint density at radius 3 is 2.65 bits per heavy atom. The molecule has 2 aliphatic rings. The molecule has 0 aliphatic carbocycles. The Morgan fingerprint density at radius 1 is 1.30 bits per heavy atom. The summed E-state index contributed by atoms with van der Waals surface area (Å²) in [6, 6.07) is 0.215. The van der Waals surface area contributed by atoms with Crippen LogP contribution in [0.15, 0.2) is 11.2 Å². The lowest BCUT2D eigenvalue weighted by molar-refractivity contribution is 0.333. The van der Waals surface area contributed by atoms with Gasteiger partial charge in [-0.25, -0.2) is 13.4 Å². The molecule has 3 rings (SSSR count). The molecule has 20 heavy (non-hydrogen) atoms. The van der Waals surface area contributed by atoms with Crippen LogP contribution in [0, 0.1) is 6.92 Å². The van der Waals surface area contributed by atoms with Crippen molar-refractivity contribution in [1.82, 2.24) is 19.2 Å². The van der Waals surface area contributed by atoms with Gasteiger partial charge in [-0.3, -0.25) is 0 Å². The first-order valence-electron chi connectivity index (χ1n) is 6.74. The molecule has 2 saturated heterocycles. The zero-order valence-corrected chi connectivity index (χ0v) is 13.4. The number of sulfonamides is 1. The molecule has 2 fully saturated rings. The highest BCUT2D eigenvalue weighted by Crippen LogP contribution is 2.33. The third kappa shape index (κ3) is 2.47. The number of hydrogen-bond donors (Lipinski definition) is 1. The normalized spacial score (nSPS) is 27.1. The predicted octanol–water partition coefficient (Wildman–Crippen LogP) is 0.665. The number of imidazole rings is 1. The SMILES string of the molecule is Cc1nc(S(=O)(=O)N2C3CCNCC2CC3)cn1C.Cl. The van der Waals surface area contributed by atoms with E-state index in [4.69, 9.17) is 0 Å². The molecule has 8 heteroatoms. The van der Waals surface area contributed by atoms with Crippen LogP contribution in [-0.4, -0.2) is 47.4 Å². The molecule has 0 amide bonds. The number of halogens is 1. The van der Waals surface area contributed by atoms with E-state index in [0.29, 0.717) is 0 Å². The van der Waals surface area contributed by atoms with Crippen molar-refractivity contribution in [3.63, 3.8) is 0 Å². The molecule has 2 atom stereocenters. The molecule has 6 nitrogen and oxygen atoms in total. The van der Waals surface area contributed by atoms with Crippen molar-refractivity contribution in [1.29, 1.82) is 0 Å². The van der Waals surface area contributed by atoms with E-state index in [0.717, 1.165) is 38.2 Å². The Balaban J connectivity index is 0.00000147. The van der Waals surface area contributed by atoms with E-state index < -0.39 is 10.0 Å². The van der Waals surface area contributed by atoms with Crippen molar-refractivity contribution in [2.45, 2.75) is 43.3 Å². The van der Waals surface area contributed by atoms with E-state index in [-0.39, 0.29) is 29.5 Å². The fourth-order valence-corrected chi connectivity index (χ4v) is 5.02. The highest BCUT2D eigenvalue weighted by molar-refractivity contribution is 7.89. The number of hydrogen-bond acceptors (Lipinski definition) is 4. The van der Waals surface area contributed by atoms with Crippen molar-refractivity contribution in [2.75, 3.05) is 13.1 Å². The van der Waals surface area contributed by atoms with Crippen molar-refractivity contribution in [3.8, 4) is 0 Å². The van der Waals surface area contributed by atoms with Crippen LogP contribution >= 0.6 is 12.4 Å². The Labute approximate surface area is 126 Å². The summed E-state index contributed by atoms with van der Waals surface area (Å²) in [5.74, 6) is 0.721. The van der Waals surface area contributed by atoms with Gasteiger partial charge in [-0.05, 0) is 32.7 Å². The van der Waals surface area contributed by atoms with Crippen LogP contribution in [-0.2, 0) is 17.1 Å². The Bertz CT molecular complexity index is 553. The second kappa shape index (κ2) is 5.63. The van der Waals surface area contributed by atoms with Crippen LogP contribution in [0.25, 0.3) is 0 Å². The first-order chi connectivity index (χ1) is 9.00. The van der Waals surface area contributed by atoms with Gasteiger partial charge in [0.2, 0.25) is 0 Å².